The van der Waals surface area contributed by atoms with E-state index in [1.165, 1.54) is 0 Å². The van der Waals surface area contributed by atoms with Crippen LogP contribution in [0.15, 0.2) is 24.3 Å². The van der Waals surface area contributed by atoms with Crippen LogP contribution in [-0.4, -0.2) is 36.6 Å². The summed E-state index contributed by atoms with van der Waals surface area (Å²) in [7, 11) is 0. The van der Waals surface area contributed by atoms with Gasteiger partial charge in [0.15, 0.2) is 0 Å². The minimum Gasteiger partial charge on any atom is -0.369 e. The maximum Gasteiger partial charge on any atom is 0.123 e. The molecule has 1 aromatic rings. The van der Waals surface area contributed by atoms with Crippen molar-refractivity contribution in [3.8, 4) is 0 Å². The topological polar surface area (TPSA) is 6.48 Å². The van der Waals surface area contributed by atoms with Gasteiger partial charge in [-0.15, -0.1) is 0 Å². The second-order valence-corrected chi connectivity index (χ2v) is 5.32. The van der Waals surface area contributed by atoms with E-state index in [1.54, 1.807) is 12.1 Å². The van der Waals surface area contributed by atoms with E-state index in [4.69, 9.17) is 0 Å². The maximum atomic E-state index is 12.9. The molecular weight excluding hydrogens is 227 g/mol. The average molecular weight is 250 g/mol. The van der Waals surface area contributed by atoms with Gasteiger partial charge in [0.1, 0.15) is 5.82 Å². The van der Waals surface area contributed by atoms with E-state index < -0.39 is 0 Å². The van der Waals surface area contributed by atoms with Crippen molar-refractivity contribution in [2.75, 3.05) is 24.5 Å². The molecule has 1 aromatic carbocycles. The van der Waals surface area contributed by atoms with E-state index in [9.17, 15) is 4.39 Å². The molecule has 0 unspecified atom stereocenters. The van der Waals surface area contributed by atoms with Crippen molar-refractivity contribution < 1.29 is 4.39 Å². The fraction of sp³-hybridized carbons (Fsp3) is 0.600. The van der Waals surface area contributed by atoms with Crippen molar-refractivity contribution in [1.82, 2.24) is 4.90 Å². The molecule has 0 radical (unpaired) electrons. The van der Waals surface area contributed by atoms with Gasteiger partial charge >= 0.3 is 0 Å². The third-order valence-corrected chi connectivity index (χ3v) is 3.85. The Labute approximate surface area is 109 Å². The Bertz CT molecular complexity index is 375. The summed E-state index contributed by atoms with van der Waals surface area (Å²) in [6.45, 7) is 9.93. The number of nitrogens with zero attached hydrogens (tertiary/aromatic N) is 2. The third kappa shape index (κ3) is 2.83. The predicted octanol–water partition coefficient (Wildman–Crippen LogP) is 3.13. The maximum absolute atomic E-state index is 12.9. The number of anilines is 1. The molecule has 1 saturated heterocycles. The molecule has 0 aliphatic carbocycles. The molecule has 1 atom stereocenters. The van der Waals surface area contributed by atoms with Crippen LogP contribution in [0.5, 0.6) is 0 Å². The van der Waals surface area contributed by atoms with Gasteiger partial charge in [0.2, 0.25) is 0 Å². The van der Waals surface area contributed by atoms with Crippen LogP contribution in [0.3, 0.4) is 0 Å². The van der Waals surface area contributed by atoms with Gasteiger partial charge in [0.05, 0.1) is 0 Å². The molecule has 0 spiro atoms. The first kappa shape index (κ1) is 13.3. The number of hydrogen-bond acceptors (Lipinski definition) is 2. The molecule has 1 aliphatic rings. The zero-order valence-corrected chi connectivity index (χ0v) is 11.6. The number of hydrogen-bond donors (Lipinski definition) is 0. The highest BCUT2D eigenvalue weighted by molar-refractivity contribution is 5.47. The quantitative estimate of drug-likeness (QED) is 0.813. The summed E-state index contributed by atoms with van der Waals surface area (Å²) in [6.07, 6.45) is 1.16. The first-order valence-electron chi connectivity index (χ1n) is 6.88. The average Bonchev–Trinajstić information content (AvgIpc) is 2.38. The Morgan fingerprint density at radius 2 is 1.89 bits per heavy atom. The smallest absolute Gasteiger partial charge is 0.123 e. The standard InChI is InChI=1S/C15H23FN2/c1-4-14-11-17(9-10-18(14)12(2)3)15-7-5-13(16)6-8-15/h5-8,12,14H,4,9-11H2,1-3H3/t14-/m1/s1. The number of rotatable bonds is 3. The van der Waals surface area contributed by atoms with Crippen molar-refractivity contribution in [2.45, 2.75) is 39.3 Å². The number of halogens is 1. The molecule has 2 nitrogen and oxygen atoms in total. The van der Waals surface area contributed by atoms with Crippen molar-refractivity contribution in [3.05, 3.63) is 30.1 Å². The summed E-state index contributed by atoms with van der Waals surface area (Å²) in [5.41, 5.74) is 1.14. The van der Waals surface area contributed by atoms with Gasteiger partial charge in [-0.3, -0.25) is 4.90 Å². The van der Waals surface area contributed by atoms with E-state index in [1.807, 2.05) is 12.1 Å². The molecule has 100 valence electrons. The van der Waals surface area contributed by atoms with Gasteiger partial charge in [-0.2, -0.15) is 0 Å². The summed E-state index contributed by atoms with van der Waals surface area (Å²) in [5, 5.41) is 0. The van der Waals surface area contributed by atoms with Gasteiger partial charge < -0.3 is 4.90 Å². The van der Waals surface area contributed by atoms with E-state index in [2.05, 4.69) is 30.6 Å². The molecule has 2 rings (SSSR count). The van der Waals surface area contributed by atoms with Gasteiger partial charge in [-0.05, 0) is 44.5 Å². The van der Waals surface area contributed by atoms with E-state index in [0.29, 0.717) is 12.1 Å². The molecule has 0 amide bonds. The molecule has 0 bridgehead atoms. The second-order valence-electron chi connectivity index (χ2n) is 5.32. The van der Waals surface area contributed by atoms with Gasteiger partial charge in [-0.25, -0.2) is 4.39 Å². The van der Waals surface area contributed by atoms with Gasteiger partial charge in [0.25, 0.3) is 0 Å². The predicted molar refractivity (Wildman–Crippen MR) is 74.5 cm³/mol. The molecule has 0 saturated carbocycles. The minimum atomic E-state index is -0.161. The third-order valence-electron chi connectivity index (χ3n) is 3.85. The Morgan fingerprint density at radius 3 is 2.44 bits per heavy atom. The van der Waals surface area contributed by atoms with Gasteiger partial charge in [0, 0.05) is 37.4 Å². The fourth-order valence-electron chi connectivity index (χ4n) is 2.80. The highest BCUT2D eigenvalue weighted by Gasteiger charge is 2.27. The van der Waals surface area contributed by atoms with E-state index in [0.717, 1.165) is 31.7 Å². The summed E-state index contributed by atoms with van der Waals surface area (Å²) in [4.78, 5) is 4.94. The highest BCUT2D eigenvalue weighted by atomic mass is 19.1. The molecule has 3 heteroatoms. The van der Waals surface area contributed by atoms with E-state index in [-0.39, 0.29) is 5.82 Å². The highest BCUT2D eigenvalue weighted by Crippen LogP contribution is 2.22. The molecule has 0 N–H and O–H groups in total. The van der Waals surface area contributed by atoms with E-state index >= 15 is 0 Å². The molecule has 18 heavy (non-hydrogen) atoms. The molecular formula is C15H23FN2. The molecule has 1 aliphatic heterocycles. The molecule has 1 fully saturated rings. The normalized spacial score (nSPS) is 21.6. The SMILES string of the molecule is CC[C@@H]1CN(c2ccc(F)cc2)CCN1C(C)C. The largest absolute Gasteiger partial charge is 0.369 e. The lowest BCUT2D eigenvalue weighted by atomic mass is 10.1. The van der Waals surface area contributed by atoms with Crippen LogP contribution in [0.25, 0.3) is 0 Å². The monoisotopic (exact) mass is 250 g/mol. The van der Waals surface area contributed by atoms with Crippen LogP contribution in [0.4, 0.5) is 10.1 Å². The van der Waals surface area contributed by atoms with Crippen LogP contribution in [0.1, 0.15) is 27.2 Å². The Morgan fingerprint density at radius 1 is 1.22 bits per heavy atom. The number of benzene rings is 1. The van der Waals surface area contributed by atoms with Crippen LogP contribution >= 0.6 is 0 Å². The second kappa shape index (κ2) is 5.70. The summed E-state index contributed by atoms with van der Waals surface area (Å²) >= 11 is 0. The zero-order valence-electron chi connectivity index (χ0n) is 11.6. The fourth-order valence-corrected chi connectivity index (χ4v) is 2.80. The Balaban J connectivity index is 2.07. The lowest BCUT2D eigenvalue weighted by Crippen LogP contribution is -2.55. The summed E-state index contributed by atoms with van der Waals surface area (Å²) < 4.78 is 12.9. The van der Waals surface area contributed by atoms with Crippen molar-refractivity contribution >= 4 is 5.69 Å². The Hall–Kier alpha value is -1.09. The van der Waals surface area contributed by atoms with Crippen molar-refractivity contribution in [2.24, 2.45) is 0 Å². The van der Waals surface area contributed by atoms with Crippen LogP contribution in [-0.2, 0) is 0 Å². The first-order valence-corrected chi connectivity index (χ1v) is 6.88. The Kier molecular flexibility index (Phi) is 4.23. The summed E-state index contributed by atoms with van der Waals surface area (Å²) in [5.74, 6) is -0.161. The van der Waals surface area contributed by atoms with Crippen molar-refractivity contribution in [1.29, 1.82) is 0 Å². The van der Waals surface area contributed by atoms with Gasteiger partial charge in [-0.1, -0.05) is 6.92 Å². The molecule has 1 heterocycles. The molecule has 0 aromatic heterocycles. The lowest BCUT2D eigenvalue weighted by molar-refractivity contribution is 0.133. The lowest BCUT2D eigenvalue weighted by Gasteiger charge is -2.44. The number of piperazine rings is 1. The van der Waals surface area contributed by atoms with Crippen LogP contribution in [0, 0.1) is 5.82 Å². The van der Waals surface area contributed by atoms with Crippen molar-refractivity contribution in [3.63, 3.8) is 0 Å². The first-order chi connectivity index (χ1) is 8.61. The van der Waals surface area contributed by atoms with Crippen LogP contribution < -0.4 is 4.90 Å². The zero-order chi connectivity index (χ0) is 13.1. The summed E-state index contributed by atoms with van der Waals surface area (Å²) in [6, 6.07) is 8.06. The minimum absolute atomic E-state index is 0.161. The van der Waals surface area contributed by atoms with Crippen LogP contribution in [0.2, 0.25) is 0 Å².